The smallest absolute Gasteiger partial charge is 0.343 e. The Bertz CT molecular complexity index is 1200. The Hall–Kier alpha value is -2.95. The Kier molecular flexibility index (Phi) is 8.61. The van der Waals surface area contributed by atoms with E-state index in [1.807, 2.05) is 54.6 Å². The minimum absolute atomic E-state index is 0.225. The molecule has 5 rings (SSSR count). The monoisotopic (exact) mass is 512 g/mol. The van der Waals surface area contributed by atoms with Gasteiger partial charge in [-0.05, 0) is 96.7 Å². The van der Waals surface area contributed by atoms with Crippen LogP contribution in [0.3, 0.4) is 0 Å². The molecule has 4 heteroatoms. The van der Waals surface area contributed by atoms with Gasteiger partial charge in [0.05, 0.1) is 17.8 Å². The first-order valence-electron chi connectivity index (χ1n) is 14.4. The SMILES string of the molecule is CCCCC[C@H](O)CC[C@@H]1[C@H]2Cc3cccc(OC(=O)c4ccc(-c5ccccc5)cc4)c3C[C@H]2C[C@H]1O. The highest BCUT2D eigenvalue weighted by Crippen LogP contribution is 2.48. The van der Waals surface area contributed by atoms with Crippen LogP contribution in [-0.4, -0.2) is 28.4 Å². The zero-order valence-corrected chi connectivity index (χ0v) is 22.4. The van der Waals surface area contributed by atoms with Crippen LogP contribution in [0.4, 0.5) is 0 Å². The molecule has 0 aromatic heterocycles. The number of unbranched alkanes of at least 4 members (excludes halogenated alkanes) is 2. The number of rotatable bonds is 10. The number of fused-ring (bicyclic) bond motifs is 2. The van der Waals surface area contributed by atoms with Gasteiger partial charge in [0, 0.05) is 0 Å². The molecule has 0 aliphatic heterocycles. The third kappa shape index (κ3) is 6.03. The quantitative estimate of drug-likeness (QED) is 0.174. The lowest BCUT2D eigenvalue weighted by Crippen LogP contribution is -2.28. The van der Waals surface area contributed by atoms with Crippen molar-refractivity contribution in [3.8, 4) is 16.9 Å². The number of benzene rings is 3. The summed E-state index contributed by atoms with van der Waals surface area (Å²) >= 11 is 0. The predicted octanol–water partition coefficient (Wildman–Crippen LogP) is 7.01. The highest BCUT2D eigenvalue weighted by Gasteiger charge is 2.45. The normalized spacial score (nSPS) is 22.9. The van der Waals surface area contributed by atoms with Crippen LogP contribution in [0.15, 0.2) is 72.8 Å². The first-order chi connectivity index (χ1) is 18.5. The summed E-state index contributed by atoms with van der Waals surface area (Å²) in [6.45, 7) is 2.18. The molecule has 1 saturated carbocycles. The van der Waals surface area contributed by atoms with Crippen molar-refractivity contribution in [3.63, 3.8) is 0 Å². The molecule has 1 fully saturated rings. The predicted molar refractivity (Wildman–Crippen MR) is 151 cm³/mol. The van der Waals surface area contributed by atoms with Crippen LogP contribution in [0.1, 0.15) is 73.4 Å². The van der Waals surface area contributed by atoms with Crippen LogP contribution in [0.25, 0.3) is 11.1 Å². The van der Waals surface area contributed by atoms with E-state index < -0.39 is 0 Å². The molecule has 0 spiro atoms. The van der Waals surface area contributed by atoms with Gasteiger partial charge in [0.2, 0.25) is 0 Å². The highest BCUT2D eigenvalue weighted by molar-refractivity contribution is 5.91. The summed E-state index contributed by atoms with van der Waals surface area (Å²) in [4.78, 5) is 13.0. The van der Waals surface area contributed by atoms with Crippen LogP contribution in [0, 0.1) is 17.8 Å². The van der Waals surface area contributed by atoms with Crippen molar-refractivity contribution < 1.29 is 19.7 Å². The van der Waals surface area contributed by atoms with Gasteiger partial charge in [-0.3, -0.25) is 0 Å². The Morgan fingerprint density at radius 3 is 2.45 bits per heavy atom. The first-order valence-corrected chi connectivity index (χ1v) is 14.4. The van der Waals surface area contributed by atoms with E-state index in [1.54, 1.807) is 0 Å². The lowest BCUT2D eigenvalue weighted by Gasteiger charge is -2.32. The molecule has 0 unspecified atom stereocenters. The molecule has 3 aromatic rings. The van der Waals surface area contributed by atoms with Crippen molar-refractivity contribution in [1.29, 1.82) is 0 Å². The van der Waals surface area contributed by atoms with Crippen LogP contribution in [-0.2, 0) is 12.8 Å². The number of hydrogen-bond acceptors (Lipinski definition) is 4. The summed E-state index contributed by atoms with van der Waals surface area (Å²) in [5.41, 5.74) is 5.04. The summed E-state index contributed by atoms with van der Waals surface area (Å²) in [5.74, 6) is 1.31. The number of carbonyl (C=O) groups is 1. The van der Waals surface area contributed by atoms with Gasteiger partial charge in [-0.15, -0.1) is 0 Å². The Morgan fingerprint density at radius 2 is 1.68 bits per heavy atom. The number of ether oxygens (including phenoxy) is 1. The molecule has 4 nitrogen and oxygen atoms in total. The first kappa shape index (κ1) is 26.6. The Morgan fingerprint density at radius 1 is 0.921 bits per heavy atom. The average Bonchev–Trinajstić information content (AvgIpc) is 3.25. The second kappa shape index (κ2) is 12.3. The fourth-order valence-electron chi connectivity index (χ4n) is 6.65. The summed E-state index contributed by atoms with van der Waals surface area (Å²) in [7, 11) is 0. The van der Waals surface area contributed by atoms with E-state index in [-0.39, 0.29) is 24.1 Å². The van der Waals surface area contributed by atoms with Crippen molar-refractivity contribution in [2.24, 2.45) is 17.8 Å². The van der Waals surface area contributed by atoms with Crippen molar-refractivity contribution in [3.05, 3.63) is 89.5 Å². The van der Waals surface area contributed by atoms with Gasteiger partial charge in [0.25, 0.3) is 0 Å². The molecular formula is C34H40O4. The summed E-state index contributed by atoms with van der Waals surface area (Å²) < 4.78 is 5.94. The van der Waals surface area contributed by atoms with Gasteiger partial charge in [0.1, 0.15) is 5.75 Å². The molecule has 5 atom stereocenters. The molecule has 0 heterocycles. The fourth-order valence-corrected chi connectivity index (χ4v) is 6.65. The maximum atomic E-state index is 13.0. The number of carbonyl (C=O) groups excluding carboxylic acids is 1. The van der Waals surface area contributed by atoms with E-state index in [1.165, 1.54) is 5.56 Å². The topological polar surface area (TPSA) is 66.8 Å². The minimum atomic E-state index is -0.346. The molecule has 200 valence electrons. The maximum absolute atomic E-state index is 13.0. The zero-order chi connectivity index (χ0) is 26.5. The Labute approximate surface area is 226 Å². The van der Waals surface area contributed by atoms with E-state index in [4.69, 9.17) is 4.74 Å². The molecule has 2 N–H and O–H groups in total. The summed E-state index contributed by atoms with van der Waals surface area (Å²) in [6.07, 6.45) is 7.80. The number of hydrogen-bond donors (Lipinski definition) is 2. The third-order valence-electron chi connectivity index (χ3n) is 8.75. The van der Waals surface area contributed by atoms with Gasteiger partial charge in [-0.2, -0.15) is 0 Å². The second-order valence-corrected chi connectivity index (χ2v) is 11.3. The lowest BCUT2D eigenvalue weighted by atomic mass is 9.73. The van der Waals surface area contributed by atoms with Crippen LogP contribution in [0.2, 0.25) is 0 Å². The zero-order valence-electron chi connectivity index (χ0n) is 22.4. The average molecular weight is 513 g/mol. The number of aliphatic hydroxyl groups excluding tert-OH is 2. The Balaban J connectivity index is 1.24. The maximum Gasteiger partial charge on any atom is 0.343 e. The third-order valence-corrected chi connectivity index (χ3v) is 8.75. The summed E-state index contributed by atoms with van der Waals surface area (Å²) in [5, 5.41) is 21.4. The summed E-state index contributed by atoms with van der Waals surface area (Å²) in [6, 6.07) is 23.7. The van der Waals surface area contributed by atoms with E-state index in [9.17, 15) is 15.0 Å². The standard InChI is InChI=1S/C34H40O4/c1-2-3-5-12-28(35)18-19-29-30-20-26-11-8-13-33(31(26)21-27(30)22-32(29)36)38-34(37)25-16-14-24(15-17-25)23-9-6-4-7-10-23/h4,6-11,13-17,27-30,32,35-36H,2-3,5,12,18-22H2,1H3/t27-,28-,29+,30-,32+/m0/s1. The van der Waals surface area contributed by atoms with Gasteiger partial charge >= 0.3 is 5.97 Å². The molecule has 0 saturated heterocycles. The van der Waals surface area contributed by atoms with E-state index in [2.05, 4.69) is 25.1 Å². The van der Waals surface area contributed by atoms with Crippen molar-refractivity contribution in [2.45, 2.75) is 76.9 Å². The highest BCUT2D eigenvalue weighted by atomic mass is 16.5. The molecule has 2 aliphatic rings. The van der Waals surface area contributed by atoms with Gasteiger partial charge < -0.3 is 14.9 Å². The molecule has 2 aliphatic carbocycles. The second-order valence-electron chi connectivity index (χ2n) is 11.3. The molecule has 3 aromatic carbocycles. The molecule has 38 heavy (non-hydrogen) atoms. The van der Waals surface area contributed by atoms with Crippen molar-refractivity contribution in [1.82, 2.24) is 0 Å². The number of aliphatic hydroxyl groups is 2. The van der Waals surface area contributed by atoms with Crippen LogP contribution in [0.5, 0.6) is 5.75 Å². The molecular weight excluding hydrogens is 472 g/mol. The largest absolute Gasteiger partial charge is 0.423 e. The minimum Gasteiger partial charge on any atom is -0.423 e. The van der Waals surface area contributed by atoms with E-state index in [0.29, 0.717) is 23.1 Å². The van der Waals surface area contributed by atoms with Crippen LogP contribution >= 0.6 is 0 Å². The van der Waals surface area contributed by atoms with Crippen molar-refractivity contribution >= 4 is 5.97 Å². The van der Waals surface area contributed by atoms with Crippen LogP contribution < -0.4 is 4.74 Å². The number of esters is 1. The van der Waals surface area contributed by atoms with E-state index in [0.717, 1.165) is 74.5 Å². The molecule has 0 bridgehead atoms. The van der Waals surface area contributed by atoms with E-state index >= 15 is 0 Å². The molecule has 0 radical (unpaired) electrons. The van der Waals surface area contributed by atoms with Gasteiger partial charge in [-0.25, -0.2) is 4.79 Å². The molecule has 0 amide bonds. The van der Waals surface area contributed by atoms with Gasteiger partial charge in [0.15, 0.2) is 0 Å². The van der Waals surface area contributed by atoms with Crippen molar-refractivity contribution in [2.75, 3.05) is 0 Å². The lowest BCUT2D eigenvalue weighted by molar-refractivity contribution is 0.0731. The fraction of sp³-hybridized carbons (Fsp3) is 0.441. The van der Waals surface area contributed by atoms with Gasteiger partial charge in [-0.1, -0.05) is 80.8 Å².